The second kappa shape index (κ2) is 8.96. The first-order chi connectivity index (χ1) is 6.35. The topological polar surface area (TPSA) is 51.0 Å². The Kier molecular flexibility index (Phi) is 8.18. The lowest BCUT2D eigenvalue weighted by atomic mass is 10.4. The predicted octanol–water partition coefficient (Wildman–Crippen LogP) is 1.22. The fourth-order valence-electron chi connectivity index (χ4n) is 0.620. The summed E-state index contributed by atoms with van der Waals surface area (Å²) in [5.41, 5.74) is 0.448. The van der Waals surface area contributed by atoms with Gasteiger partial charge in [0, 0.05) is 0 Å². The van der Waals surface area contributed by atoms with Crippen molar-refractivity contribution in [2.24, 2.45) is 5.16 Å². The molecule has 0 saturated heterocycles. The van der Waals surface area contributed by atoms with E-state index >= 15 is 0 Å². The average molecular weight is 185 g/mol. The second-order valence-electron chi connectivity index (χ2n) is 2.27. The minimum atomic E-state index is 0.250. The Morgan fingerprint density at radius 2 is 1.62 bits per heavy atom. The van der Waals surface area contributed by atoms with Crippen molar-refractivity contribution in [3.63, 3.8) is 0 Å². The molecule has 0 heterocycles. The summed E-state index contributed by atoms with van der Waals surface area (Å²) >= 11 is 0. The molecule has 4 nitrogen and oxygen atoms in total. The largest absolute Gasteiger partial charge is 0.411 e. The molecule has 0 aliphatic heterocycles. The summed E-state index contributed by atoms with van der Waals surface area (Å²) in [6, 6.07) is 0. The quantitative estimate of drug-likeness (QED) is 0.203. The Bertz CT molecular complexity index is 162. The van der Waals surface area contributed by atoms with Crippen molar-refractivity contribution in [2.45, 2.75) is 0 Å². The van der Waals surface area contributed by atoms with Crippen LogP contribution in [0.4, 0.5) is 0 Å². The van der Waals surface area contributed by atoms with Crippen LogP contribution >= 0.6 is 0 Å². The maximum Gasteiger partial charge on any atom is 0.108 e. The van der Waals surface area contributed by atoms with E-state index in [2.05, 4.69) is 18.3 Å². The summed E-state index contributed by atoms with van der Waals surface area (Å²) in [4.78, 5) is 0. The molecule has 1 N–H and O–H groups in total. The lowest BCUT2D eigenvalue weighted by Gasteiger charge is -2.03. The van der Waals surface area contributed by atoms with Crippen molar-refractivity contribution in [1.82, 2.24) is 0 Å². The first kappa shape index (κ1) is 11.9. The van der Waals surface area contributed by atoms with Crippen LogP contribution in [-0.2, 0) is 9.47 Å². The van der Waals surface area contributed by atoms with Crippen molar-refractivity contribution in [1.29, 1.82) is 0 Å². The van der Waals surface area contributed by atoms with Crippen molar-refractivity contribution >= 4 is 5.71 Å². The summed E-state index contributed by atoms with van der Waals surface area (Å²) < 4.78 is 10.1. The fraction of sp³-hybridized carbons (Fsp3) is 0.444. The molecule has 0 aliphatic carbocycles. The normalized spacial score (nSPS) is 9.23. The molecule has 0 aromatic heterocycles. The van der Waals surface area contributed by atoms with Gasteiger partial charge in [-0.05, 0) is 0 Å². The zero-order valence-corrected chi connectivity index (χ0v) is 7.61. The zero-order valence-electron chi connectivity index (χ0n) is 7.61. The third-order valence-electron chi connectivity index (χ3n) is 1.15. The highest BCUT2D eigenvalue weighted by Crippen LogP contribution is 1.85. The average Bonchev–Trinajstić information content (AvgIpc) is 2.16. The number of hydrogen-bond acceptors (Lipinski definition) is 4. The van der Waals surface area contributed by atoms with E-state index < -0.39 is 0 Å². The molecule has 0 amide bonds. The molecule has 0 rings (SSSR count). The Hall–Kier alpha value is -1.13. The summed E-state index contributed by atoms with van der Waals surface area (Å²) in [6.07, 6.45) is 3.25. The number of hydrogen-bond donors (Lipinski definition) is 1. The molecule has 13 heavy (non-hydrogen) atoms. The summed E-state index contributed by atoms with van der Waals surface area (Å²) in [5, 5.41) is 11.5. The van der Waals surface area contributed by atoms with Gasteiger partial charge in [-0.15, -0.1) is 13.2 Å². The maximum atomic E-state index is 8.50. The minimum absolute atomic E-state index is 0.250. The van der Waals surface area contributed by atoms with Gasteiger partial charge in [0.2, 0.25) is 0 Å². The van der Waals surface area contributed by atoms with Crippen molar-refractivity contribution in [2.75, 3.05) is 26.4 Å². The Labute approximate surface area is 78.2 Å². The van der Waals surface area contributed by atoms with Gasteiger partial charge in [-0.3, -0.25) is 0 Å². The van der Waals surface area contributed by atoms with Crippen LogP contribution in [0.1, 0.15) is 0 Å². The lowest BCUT2D eigenvalue weighted by molar-refractivity contribution is 0.170. The zero-order chi connectivity index (χ0) is 9.94. The Morgan fingerprint density at radius 1 is 1.15 bits per heavy atom. The molecule has 0 fully saturated rings. The summed E-state index contributed by atoms with van der Waals surface area (Å²) in [6.45, 7) is 8.34. The van der Waals surface area contributed by atoms with Crippen LogP contribution in [0.15, 0.2) is 30.5 Å². The number of oxime groups is 1. The van der Waals surface area contributed by atoms with E-state index in [9.17, 15) is 0 Å². The fourth-order valence-corrected chi connectivity index (χ4v) is 0.620. The third-order valence-corrected chi connectivity index (χ3v) is 1.15. The van der Waals surface area contributed by atoms with E-state index in [4.69, 9.17) is 14.7 Å². The van der Waals surface area contributed by atoms with Crippen molar-refractivity contribution in [3.05, 3.63) is 25.3 Å². The summed E-state index contributed by atoms with van der Waals surface area (Å²) in [7, 11) is 0. The highest BCUT2D eigenvalue weighted by Gasteiger charge is 1.99. The number of nitrogens with zero attached hydrogens (tertiary/aromatic N) is 1. The first-order valence-electron chi connectivity index (χ1n) is 3.92. The highest BCUT2D eigenvalue weighted by atomic mass is 16.5. The van der Waals surface area contributed by atoms with E-state index in [0.29, 0.717) is 18.9 Å². The summed E-state index contributed by atoms with van der Waals surface area (Å²) in [5.74, 6) is 0. The molecule has 0 saturated carbocycles. The molecule has 74 valence electrons. The third kappa shape index (κ3) is 7.24. The molecule has 4 heteroatoms. The van der Waals surface area contributed by atoms with Crippen LogP contribution < -0.4 is 0 Å². The van der Waals surface area contributed by atoms with Crippen LogP contribution in [0, 0.1) is 0 Å². The lowest BCUT2D eigenvalue weighted by Crippen LogP contribution is -2.16. The van der Waals surface area contributed by atoms with E-state index in [1.165, 1.54) is 0 Å². The highest BCUT2D eigenvalue weighted by molar-refractivity contribution is 5.86. The van der Waals surface area contributed by atoms with E-state index in [1.807, 2.05) is 0 Å². The number of ether oxygens (including phenoxy) is 2. The minimum Gasteiger partial charge on any atom is -0.411 e. The van der Waals surface area contributed by atoms with Crippen LogP contribution in [0.3, 0.4) is 0 Å². The van der Waals surface area contributed by atoms with Gasteiger partial charge in [0.15, 0.2) is 0 Å². The van der Waals surface area contributed by atoms with Gasteiger partial charge >= 0.3 is 0 Å². The molecule has 0 spiro atoms. The molecule has 0 radical (unpaired) electrons. The van der Waals surface area contributed by atoms with Crippen LogP contribution in [0.2, 0.25) is 0 Å². The van der Waals surface area contributed by atoms with E-state index in [1.54, 1.807) is 12.2 Å². The smallest absolute Gasteiger partial charge is 0.108 e. The number of rotatable bonds is 8. The molecular formula is C9H15NO3. The van der Waals surface area contributed by atoms with Crippen LogP contribution in [0.5, 0.6) is 0 Å². The van der Waals surface area contributed by atoms with Gasteiger partial charge in [-0.2, -0.15) is 0 Å². The van der Waals surface area contributed by atoms with Gasteiger partial charge in [-0.25, -0.2) is 0 Å². The van der Waals surface area contributed by atoms with E-state index in [0.717, 1.165) is 0 Å². The van der Waals surface area contributed by atoms with Gasteiger partial charge < -0.3 is 14.7 Å². The molecule has 0 unspecified atom stereocenters. The van der Waals surface area contributed by atoms with Crippen LogP contribution in [0.25, 0.3) is 0 Å². The standard InChI is InChI=1S/C9H15NO3/c1-3-5-12-7-9(10-11)8-13-6-4-2/h3-4,11H,1-2,5-8H2. The SMILES string of the molecule is C=CCOCC(COCC=C)=NO. The molecule has 0 aromatic carbocycles. The molecule has 0 bridgehead atoms. The molecule has 0 aromatic rings. The predicted molar refractivity (Wildman–Crippen MR) is 51.3 cm³/mol. The molecular weight excluding hydrogens is 170 g/mol. The van der Waals surface area contributed by atoms with Gasteiger partial charge in [0.1, 0.15) is 5.71 Å². The van der Waals surface area contributed by atoms with Crippen molar-refractivity contribution < 1.29 is 14.7 Å². The molecule has 0 aliphatic rings. The van der Waals surface area contributed by atoms with Gasteiger partial charge in [0.25, 0.3) is 0 Å². The maximum absolute atomic E-state index is 8.50. The first-order valence-corrected chi connectivity index (χ1v) is 3.92. The Morgan fingerprint density at radius 3 is 1.92 bits per heavy atom. The van der Waals surface area contributed by atoms with Gasteiger partial charge in [0.05, 0.1) is 26.4 Å². The van der Waals surface area contributed by atoms with Gasteiger partial charge in [-0.1, -0.05) is 17.3 Å². The Balaban J connectivity index is 3.52. The second-order valence-corrected chi connectivity index (χ2v) is 2.27. The monoisotopic (exact) mass is 185 g/mol. The molecule has 0 atom stereocenters. The van der Waals surface area contributed by atoms with E-state index in [-0.39, 0.29) is 13.2 Å². The van der Waals surface area contributed by atoms with Crippen molar-refractivity contribution in [3.8, 4) is 0 Å². The van der Waals surface area contributed by atoms with Crippen LogP contribution in [-0.4, -0.2) is 37.3 Å².